The maximum Gasteiger partial charge on any atom is 0.357 e. The number of carboxylic acid groups (broad SMARTS) is 1. The average Bonchev–Trinajstić information content (AvgIpc) is 2.79. The molecule has 2 rings (SSSR count). The van der Waals surface area contributed by atoms with Crippen LogP contribution < -0.4 is 10.6 Å². The minimum absolute atomic E-state index is 0.0744. The molecule has 0 atom stereocenters. The van der Waals surface area contributed by atoms with Crippen LogP contribution in [0.5, 0.6) is 0 Å². The van der Waals surface area contributed by atoms with Crippen LogP contribution >= 0.6 is 0 Å². The summed E-state index contributed by atoms with van der Waals surface area (Å²) in [6.07, 6.45) is 1.13. The number of oxazole rings is 1. The number of hydrogen-bond acceptors (Lipinski definition) is 6. The molecule has 0 unspecified atom stereocenters. The molecule has 1 aliphatic heterocycles. The summed E-state index contributed by atoms with van der Waals surface area (Å²) in [5, 5.41) is 14.9. The van der Waals surface area contributed by atoms with E-state index in [-0.39, 0.29) is 11.7 Å². The third-order valence-electron chi connectivity index (χ3n) is 2.64. The summed E-state index contributed by atoms with van der Waals surface area (Å²) in [4.78, 5) is 16.7. The number of anilines is 1. The highest BCUT2D eigenvalue weighted by atomic mass is 16.4. The number of piperazine rings is 1. The quantitative estimate of drug-likeness (QED) is 0.650. The molecule has 1 aromatic rings. The van der Waals surface area contributed by atoms with E-state index in [1.54, 1.807) is 0 Å². The minimum Gasteiger partial charge on any atom is -0.476 e. The van der Waals surface area contributed by atoms with Crippen LogP contribution in [0.2, 0.25) is 0 Å². The van der Waals surface area contributed by atoms with Crippen molar-refractivity contribution >= 4 is 12.0 Å². The summed E-state index contributed by atoms with van der Waals surface area (Å²) in [5.74, 6) is -1.08. The van der Waals surface area contributed by atoms with Gasteiger partial charge in [0.15, 0.2) is 5.69 Å². The molecule has 3 N–H and O–H groups in total. The largest absolute Gasteiger partial charge is 0.476 e. The standard InChI is InChI=1S/C10H16N4O3/c15-9(16)8-7-17-10(13-8)12-3-6-14-4-1-11-2-5-14/h7,11H,1-6H2,(H,12,13)(H,15,16). The van der Waals surface area contributed by atoms with Crippen LogP contribution in [0.15, 0.2) is 10.7 Å². The van der Waals surface area contributed by atoms with E-state index < -0.39 is 5.97 Å². The molecule has 1 aromatic heterocycles. The molecule has 7 heteroatoms. The van der Waals surface area contributed by atoms with Crippen molar-refractivity contribution in [3.8, 4) is 0 Å². The zero-order valence-corrected chi connectivity index (χ0v) is 9.48. The van der Waals surface area contributed by atoms with Gasteiger partial charge in [-0.1, -0.05) is 0 Å². The molecule has 0 amide bonds. The third kappa shape index (κ3) is 3.43. The first-order valence-electron chi connectivity index (χ1n) is 5.61. The molecular weight excluding hydrogens is 224 g/mol. The van der Waals surface area contributed by atoms with Gasteiger partial charge in [0.25, 0.3) is 6.01 Å². The minimum atomic E-state index is -1.08. The summed E-state index contributed by atoms with van der Waals surface area (Å²) >= 11 is 0. The van der Waals surface area contributed by atoms with Gasteiger partial charge >= 0.3 is 5.97 Å². The summed E-state index contributed by atoms with van der Waals surface area (Å²) in [5.41, 5.74) is -0.0744. The topological polar surface area (TPSA) is 90.6 Å². The molecular formula is C10H16N4O3. The summed E-state index contributed by atoms with van der Waals surface area (Å²) in [6.45, 7) is 5.69. The van der Waals surface area contributed by atoms with E-state index in [9.17, 15) is 4.79 Å². The number of hydrogen-bond donors (Lipinski definition) is 3. The van der Waals surface area contributed by atoms with Gasteiger partial charge in [-0.15, -0.1) is 0 Å². The van der Waals surface area contributed by atoms with Crippen LogP contribution in [0.1, 0.15) is 10.5 Å². The van der Waals surface area contributed by atoms with Crippen LogP contribution in [0.25, 0.3) is 0 Å². The zero-order chi connectivity index (χ0) is 12.1. The Balaban J connectivity index is 1.71. The predicted molar refractivity (Wildman–Crippen MR) is 61.3 cm³/mol. The molecule has 1 fully saturated rings. The van der Waals surface area contributed by atoms with Gasteiger partial charge in [-0.25, -0.2) is 4.79 Å². The first kappa shape index (κ1) is 11.9. The normalized spacial score (nSPS) is 16.9. The van der Waals surface area contributed by atoms with Crippen molar-refractivity contribution in [1.29, 1.82) is 0 Å². The number of aromatic carboxylic acids is 1. The van der Waals surface area contributed by atoms with Crippen molar-refractivity contribution in [1.82, 2.24) is 15.2 Å². The van der Waals surface area contributed by atoms with Crippen LogP contribution in [0.4, 0.5) is 6.01 Å². The average molecular weight is 240 g/mol. The maximum atomic E-state index is 10.6. The molecule has 0 aliphatic carbocycles. The monoisotopic (exact) mass is 240 g/mol. The molecule has 94 valence electrons. The van der Waals surface area contributed by atoms with E-state index in [0.29, 0.717) is 6.54 Å². The number of nitrogens with zero attached hydrogens (tertiary/aromatic N) is 2. The third-order valence-corrected chi connectivity index (χ3v) is 2.64. The van der Waals surface area contributed by atoms with Gasteiger partial charge in [-0.2, -0.15) is 4.98 Å². The fraction of sp³-hybridized carbons (Fsp3) is 0.600. The molecule has 0 spiro atoms. The van der Waals surface area contributed by atoms with Gasteiger partial charge in [0.2, 0.25) is 0 Å². The number of rotatable bonds is 5. The number of nitrogens with one attached hydrogen (secondary N) is 2. The molecule has 0 aromatic carbocycles. The first-order valence-corrected chi connectivity index (χ1v) is 5.61. The van der Waals surface area contributed by atoms with Crippen molar-refractivity contribution in [3.63, 3.8) is 0 Å². The lowest BCUT2D eigenvalue weighted by Crippen LogP contribution is -2.45. The highest BCUT2D eigenvalue weighted by molar-refractivity contribution is 5.85. The van der Waals surface area contributed by atoms with Gasteiger partial charge in [-0.05, 0) is 0 Å². The lowest BCUT2D eigenvalue weighted by molar-refractivity contribution is 0.0690. The van der Waals surface area contributed by atoms with Gasteiger partial charge in [0, 0.05) is 39.3 Å². The van der Waals surface area contributed by atoms with Crippen LogP contribution in [0, 0.1) is 0 Å². The van der Waals surface area contributed by atoms with E-state index in [0.717, 1.165) is 39.0 Å². The predicted octanol–water partition coefficient (Wildman–Crippen LogP) is -0.310. The SMILES string of the molecule is O=C(O)c1coc(NCCN2CCNCC2)n1. The molecule has 1 saturated heterocycles. The number of aromatic nitrogens is 1. The van der Waals surface area contributed by atoms with Gasteiger partial charge in [0.1, 0.15) is 6.26 Å². The Labute approximate surface area is 98.8 Å². The second-order valence-electron chi connectivity index (χ2n) is 3.86. The fourth-order valence-corrected chi connectivity index (χ4v) is 1.71. The van der Waals surface area contributed by atoms with E-state index in [2.05, 4.69) is 20.5 Å². The van der Waals surface area contributed by atoms with Gasteiger partial charge in [0.05, 0.1) is 0 Å². The Morgan fingerprint density at radius 3 is 3.00 bits per heavy atom. The fourth-order valence-electron chi connectivity index (χ4n) is 1.71. The van der Waals surface area contributed by atoms with E-state index in [1.807, 2.05) is 0 Å². The summed E-state index contributed by atoms with van der Waals surface area (Å²) in [6, 6.07) is 0.262. The lowest BCUT2D eigenvalue weighted by Gasteiger charge is -2.26. The van der Waals surface area contributed by atoms with Crippen molar-refractivity contribution in [2.24, 2.45) is 0 Å². The Bertz CT molecular complexity index is 373. The Hall–Kier alpha value is -1.60. The van der Waals surface area contributed by atoms with Crippen molar-refractivity contribution < 1.29 is 14.3 Å². The van der Waals surface area contributed by atoms with Crippen molar-refractivity contribution in [2.45, 2.75) is 0 Å². The zero-order valence-electron chi connectivity index (χ0n) is 9.48. The van der Waals surface area contributed by atoms with E-state index in [4.69, 9.17) is 9.52 Å². The molecule has 0 saturated carbocycles. The van der Waals surface area contributed by atoms with E-state index in [1.165, 1.54) is 0 Å². The summed E-state index contributed by atoms with van der Waals surface area (Å²) < 4.78 is 4.98. The second kappa shape index (κ2) is 5.65. The molecule has 17 heavy (non-hydrogen) atoms. The van der Waals surface area contributed by atoms with Crippen molar-refractivity contribution in [3.05, 3.63) is 12.0 Å². The maximum absolute atomic E-state index is 10.6. The van der Waals surface area contributed by atoms with Gasteiger partial charge < -0.3 is 20.2 Å². The van der Waals surface area contributed by atoms with Crippen LogP contribution in [0.3, 0.4) is 0 Å². The second-order valence-corrected chi connectivity index (χ2v) is 3.86. The van der Waals surface area contributed by atoms with Gasteiger partial charge in [-0.3, -0.25) is 4.90 Å². The van der Waals surface area contributed by atoms with E-state index >= 15 is 0 Å². The molecule has 0 radical (unpaired) electrons. The highest BCUT2D eigenvalue weighted by Gasteiger charge is 2.11. The van der Waals surface area contributed by atoms with Crippen LogP contribution in [-0.2, 0) is 0 Å². The summed E-state index contributed by atoms with van der Waals surface area (Å²) in [7, 11) is 0. The number of carboxylic acids is 1. The highest BCUT2D eigenvalue weighted by Crippen LogP contribution is 2.06. The Morgan fingerprint density at radius 1 is 1.59 bits per heavy atom. The molecule has 2 heterocycles. The smallest absolute Gasteiger partial charge is 0.357 e. The molecule has 7 nitrogen and oxygen atoms in total. The van der Waals surface area contributed by atoms with Crippen LogP contribution in [-0.4, -0.2) is 60.2 Å². The number of carbonyl (C=O) groups is 1. The lowest BCUT2D eigenvalue weighted by atomic mass is 10.3. The van der Waals surface area contributed by atoms with Crippen molar-refractivity contribution in [2.75, 3.05) is 44.6 Å². The molecule has 1 aliphatic rings. The molecule has 0 bridgehead atoms. The Kier molecular flexibility index (Phi) is 3.94. The first-order chi connectivity index (χ1) is 8.25. The Morgan fingerprint density at radius 2 is 2.35 bits per heavy atom.